The van der Waals surface area contributed by atoms with Crippen LogP contribution in [0.2, 0.25) is 0 Å². The summed E-state index contributed by atoms with van der Waals surface area (Å²) in [6, 6.07) is 4.78. The van der Waals surface area contributed by atoms with Gasteiger partial charge < -0.3 is 10.2 Å². The average Bonchev–Trinajstić information content (AvgIpc) is 3.44. The van der Waals surface area contributed by atoms with E-state index in [-0.39, 0.29) is 23.3 Å². The second-order valence-corrected chi connectivity index (χ2v) is 10.9. The van der Waals surface area contributed by atoms with Crippen LogP contribution in [0.1, 0.15) is 39.5 Å². The Morgan fingerprint density at radius 3 is 2.18 bits per heavy atom. The summed E-state index contributed by atoms with van der Waals surface area (Å²) in [5.41, 5.74) is 1.11. The highest BCUT2D eigenvalue weighted by Crippen LogP contribution is 2.36. The SMILES string of the molecule is CCN(CC)S(=O)(=O)c1ccc(N2CCCC2)c(NC(=O)CN2C(=O)C3CC=CCC3C2=O)c1. The van der Waals surface area contributed by atoms with E-state index in [1.54, 1.807) is 26.0 Å². The molecule has 2 unspecified atom stereocenters. The van der Waals surface area contributed by atoms with E-state index in [0.29, 0.717) is 31.6 Å². The van der Waals surface area contributed by atoms with Crippen molar-refractivity contribution in [1.29, 1.82) is 0 Å². The number of hydrogen-bond donors (Lipinski definition) is 1. The van der Waals surface area contributed by atoms with E-state index in [1.165, 1.54) is 10.4 Å². The molecule has 3 aliphatic rings. The number of carbonyl (C=O) groups excluding carboxylic acids is 3. The zero-order chi connectivity index (χ0) is 24.5. The van der Waals surface area contributed by atoms with Crippen molar-refractivity contribution in [3.05, 3.63) is 30.4 Å². The Morgan fingerprint density at radius 2 is 1.62 bits per heavy atom. The van der Waals surface area contributed by atoms with Crippen LogP contribution in [0.15, 0.2) is 35.2 Å². The number of rotatable bonds is 8. The first-order valence-corrected chi connectivity index (χ1v) is 13.4. The summed E-state index contributed by atoms with van der Waals surface area (Å²) in [6.45, 7) is 5.47. The Morgan fingerprint density at radius 1 is 1.03 bits per heavy atom. The van der Waals surface area contributed by atoms with Crippen molar-refractivity contribution in [3.63, 3.8) is 0 Å². The molecule has 3 amide bonds. The van der Waals surface area contributed by atoms with Crippen LogP contribution < -0.4 is 10.2 Å². The fourth-order valence-corrected chi connectivity index (χ4v) is 6.57. The fourth-order valence-electron chi connectivity index (χ4n) is 5.08. The van der Waals surface area contributed by atoms with Gasteiger partial charge in [0.25, 0.3) is 0 Å². The van der Waals surface area contributed by atoms with Crippen LogP contribution in [0.4, 0.5) is 11.4 Å². The number of sulfonamides is 1. The number of anilines is 2. The number of likely N-dealkylation sites (tertiary alicyclic amines) is 1. The molecule has 1 N–H and O–H groups in total. The largest absolute Gasteiger partial charge is 0.370 e. The predicted molar refractivity (Wildman–Crippen MR) is 129 cm³/mol. The van der Waals surface area contributed by atoms with E-state index >= 15 is 0 Å². The van der Waals surface area contributed by atoms with Crippen molar-refractivity contribution >= 4 is 39.1 Å². The molecule has 9 nitrogen and oxygen atoms in total. The molecule has 10 heteroatoms. The van der Waals surface area contributed by atoms with Crippen LogP contribution in [0.25, 0.3) is 0 Å². The number of nitrogens with one attached hydrogen (secondary N) is 1. The van der Waals surface area contributed by atoms with Gasteiger partial charge in [0.05, 0.1) is 28.1 Å². The van der Waals surface area contributed by atoms with Crippen molar-refractivity contribution in [3.8, 4) is 0 Å². The van der Waals surface area contributed by atoms with Gasteiger partial charge in [0.15, 0.2) is 0 Å². The third-order valence-corrected chi connectivity index (χ3v) is 8.98. The van der Waals surface area contributed by atoms with Crippen LogP contribution in [0.5, 0.6) is 0 Å². The number of fused-ring (bicyclic) bond motifs is 1. The lowest BCUT2D eigenvalue weighted by Crippen LogP contribution is -2.38. The first kappa shape index (κ1) is 24.4. The highest BCUT2D eigenvalue weighted by atomic mass is 32.2. The quantitative estimate of drug-likeness (QED) is 0.444. The Kier molecular flexibility index (Phi) is 7.09. The number of nitrogens with zero attached hydrogens (tertiary/aromatic N) is 3. The average molecular weight is 489 g/mol. The monoisotopic (exact) mass is 488 g/mol. The molecule has 2 aliphatic heterocycles. The van der Waals surface area contributed by atoms with E-state index < -0.39 is 27.8 Å². The van der Waals surface area contributed by atoms with Gasteiger partial charge in [-0.05, 0) is 43.9 Å². The van der Waals surface area contributed by atoms with Crippen LogP contribution in [0.3, 0.4) is 0 Å². The third-order valence-electron chi connectivity index (χ3n) is 6.93. The van der Waals surface area contributed by atoms with Gasteiger partial charge in [0.1, 0.15) is 6.54 Å². The molecule has 4 rings (SSSR count). The van der Waals surface area contributed by atoms with Crippen LogP contribution in [0, 0.1) is 11.8 Å². The molecular formula is C24H32N4O5S. The number of hydrogen-bond acceptors (Lipinski definition) is 6. The second kappa shape index (κ2) is 9.87. The lowest BCUT2D eigenvalue weighted by atomic mass is 9.85. The number of allylic oxidation sites excluding steroid dienone is 2. The summed E-state index contributed by atoms with van der Waals surface area (Å²) in [4.78, 5) is 41.7. The highest BCUT2D eigenvalue weighted by Gasteiger charge is 2.47. The number of benzene rings is 1. The van der Waals surface area contributed by atoms with Gasteiger partial charge in [-0.25, -0.2) is 8.42 Å². The maximum absolute atomic E-state index is 13.1. The second-order valence-electron chi connectivity index (χ2n) is 8.93. The molecule has 2 atom stereocenters. The maximum atomic E-state index is 13.1. The van der Waals surface area contributed by atoms with Crippen molar-refractivity contribution in [1.82, 2.24) is 9.21 Å². The van der Waals surface area contributed by atoms with Crippen LogP contribution in [-0.2, 0) is 24.4 Å². The summed E-state index contributed by atoms with van der Waals surface area (Å²) >= 11 is 0. The minimum Gasteiger partial charge on any atom is -0.370 e. The molecule has 2 saturated heterocycles. The summed E-state index contributed by atoms with van der Waals surface area (Å²) in [5, 5.41) is 2.80. The zero-order valence-corrected chi connectivity index (χ0v) is 20.5. The lowest BCUT2D eigenvalue weighted by Gasteiger charge is -2.24. The van der Waals surface area contributed by atoms with Crippen molar-refractivity contribution in [2.45, 2.75) is 44.4 Å². The minimum atomic E-state index is -3.72. The minimum absolute atomic E-state index is 0.0971. The smallest absolute Gasteiger partial charge is 0.244 e. The molecule has 1 aromatic carbocycles. The van der Waals surface area contributed by atoms with Crippen LogP contribution >= 0.6 is 0 Å². The topological polar surface area (TPSA) is 107 Å². The lowest BCUT2D eigenvalue weighted by molar-refractivity contribution is -0.142. The Hall–Kier alpha value is -2.72. The van der Waals surface area contributed by atoms with Gasteiger partial charge in [0.2, 0.25) is 27.7 Å². The number of amides is 3. The first-order chi connectivity index (χ1) is 16.3. The normalized spacial score (nSPS) is 22.6. The first-order valence-electron chi connectivity index (χ1n) is 12.0. The molecule has 2 heterocycles. The summed E-state index contributed by atoms with van der Waals surface area (Å²) < 4.78 is 27.5. The van der Waals surface area contributed by atoms with E-state index in [4.69, 9.17) is 0 Å². The standard InChI is InChI=1S/C24H32N4O5S/c1-3-27(4-2)34(32,33)17-11-12-21(26-13-7-8-14-26)20(15-17)25-22(29)16-28-23(30)18-9-5-6-10-19(18)24(28)31/h5-6,11-12,15,18-19H,3-4,7-10,13-14,16H2,1-2H3,(H,25,29). The predicted octanol–water partition coefficient (Wildman–Crippen LogP) is 2.21. The van der Waals surface area contributed by atoms with E-state index in [2.05, 4.69) is 10.2 Å². The fraction of sp³-hybridized carbons (Fsp3) is 0.542. The molecule has 1 aromatic rings. The molecule has 0 aromatic heterocycles. The maximum Gasteiger partial charge on any atom is 0.244 e. The molecule has 0 spiro atoms. The summed E-state index contributed by atoms with van der Waals surface area (Å²) in [6.07, 6.45) is 6.86. The highest BCUT2D eigenvalue weighted by molar-refractivity contribution is 7.89. The van der Waals surface area contributed by atoms with E-state index in [1.807, 2.05) is 12.2 Å². The molecule has 184 valence electrons. The Bertz CT molecular complexity index is 1080. The van der Waals surface area contributed by atoms with E-state index in [9.17, 15) is 22.8 Å². The molecule has 1 aliphatic carbocycles. The molecule has 0 radical (unpaired) electrons. The van der Waals surface area contributed by atoms with Gasteiger partial charge in [0, 0.05) is 26.2 Å². The summed E-state index contributed by atoms with van der Waals surface area (Å²) in [5.74, 6) is -1.94. The van der Waals surface area contributed by atoms with Crippen molar-refractivity contribution in [2.24, 2.45) is 11.8 Å². The van der Waals surface area contributed by atoms with E-state index in [0.717, 1.165) is 36.5 Å². The van der Waals surface area contributed by atoms with Gasteiger partial charge in [-0.15, -0.1) is 0 Å². The zero-order valence-electron chi connectivity index (χ0n) is 19.7. The van der Waals surface area contributed by atoms with Gasteiger partial charge >= 0.3 is 0 Å². The van der Waals surface area contributed by atoms with Crippen molar-refractivity contribution in [2.75, 3.05) is 42.9 Å². The van der Waals surface area contributed by atoms with Gasteiger partial charge in [-0.3, -0.25) is 19.3 Å². The number of imide groups is 1. The molecular weight excluding hydrogens is 456 g/mol. The Balaban J connectivity index is 1.58. The summed E-state index contributed by atoms with van der Waals surface area (Å²) in [7, 11) is -3.72. The Labute approximate surface area is 200 Å². The van der Waals surface area contributed by atoms with Crippen LogP contribution in [-0.4, -0.2) is 68.1 Å². The molecule has 34 heavy (non-hydrogen) atoms. The molecule has 0 saturated carbocycles. The van der Waals surface area contributed by atoms with Gasteiger partial charge in [-0.1, -0.05) is 26.0 Å². The van der Waals surface area contributed by atoms with Gasteiger partial charge in [-0.2, -0.15) is 4.31 Å². The number of carbonyl (C=O) groups is 3. The van der Waals surface area contributed by atoms with Crippen molar-refractivity contribution < 1.29 is 22.8 Å². The molecule has 2 fully saturated rings. The molecule has 0 bridgehead atoms. The third kappa shape index (κ3) is 4.48.